The summed E-state index contributed by atoms with van der Waals surface area (Å²) in [6.07, 6.45) is -2.00. The molecule has 2 aromatic rings. The molecule has 0 radical (unpaired) electrons. The monoisotopic (exact) mass is 485 g/mol. The lowest BCUT2D eigenvalue weighted by Crippen LogP contribution is -2.49. The minimum absolute atomic E-state index is 0.0818. The Morgan fingerprint density at radius 1 is 1.17 bits per heavy atom. The third-order valence-corrected chi connectivity index (χ3v) is 7.11. The fraction of sp³-hybridized carbons (Fsp3) is 0.440. The van der Waals surface area contributed by atoms with Crippen LogP contribution in [0.25, 0.3) is 0 Å². The zero-order chi connectivity index (χ0) is 25.4. The molecule has 10 heteroatoms. The molecule has 0 aliphatic carbocycles. The van der Waals surface area contributed by atoms with Crippen molar-refractivity contribution in [1.82, 2.24) is 14.8 Å². The zero-order valence-electron chi connectivity index (χ0n) is 19.5. The van der Waals surface area contributed by atoms with Crippen LogP contribution in [0.1, 0.15) is 34.5 Å². The van der Waals surface area contributed by atoms with Crippen LogP contribution < -0.4 is 4.90 Å². The fourth-order valence-electron chi connectivity index (χ4n) is 5.19. The van der Waals surface area contributed by atoms with Gasteiger partial charge in [-0.25, -0.2) is 0 Å². The number of halogens is 3. The minimum atomic E-state index is -4.66. The van der Waals surface area contributed by atoms with Crippen LogP contribution in [0.4, 0.5) is 18.9 Å². The van der Waals surface area contributed by atoms with Crippen molar-refractivity contribution in [3.05, 3.63) is 59.4 Å². The molecule has 1 aromatic heterocycles. The summed E-state index contributed by atoms with van der Waals surface area (Å²) in [4.78, 5) is 35.2. The van der Waals surface area contributed by atoms with Crippen LogP contribution >= 0.6 is 0 Å². The van der Waals surface area contributed by atoms with E-state index in [2.05, 4.69) is 4.98 Å². The molecule has 1 aromatic carbocycles. The summed E-state index contributed by atoms with van der Waals surface area (Å²) >= 11 is 0. The molecule has 2 aliphatic rings. The van der Waals surface area contributed by atoms with E-state index in [-0.39, 0.29) is 18.4 Å². The Bertz CT molecular complexity index is 1150. The second-order valence-electron chi connectivity index (χ2n) is 9.37. The molecule has 2 amide bonds. The lowest BCUT2D eigenvalue weighted by Gasteiger charge is -2.42. The fourth-order valence-corrected chi connectivity index (χ4v) is 5.19. The van der Waals surface area contributed by atoms with Gasteiger partial charge < -0.3 is 14.7 Å². The molecule has 2 saturated heterocycles. The highest BCUT2D eigenvalue weighted by atomic mass is 19.4. The van der Waals surface area contributed by atoms with Gasteiger partial charge in [-0.2, -0.15) is 18.4 Å². The standard InChI is InChI=1S/C25H26F3N5O2/c1-31(2)22(34)20-15-33(18-7-6-17(14-29)19(13-18)25(26,27)28)16-24(20)8-11-32(12-9-24)23(35)21-5-3-4-10-30-21/h3-7,10,13,20H,8-9,11-12,15-16H2,1-2H3. The van der Waals surface area contributed by atoms with Crippen molar-refractivity contribution < 1.29 is 22.8 Å². The molecule has 0 bridgehead atoms. The average molecular weight is 486 g/mol. The first-order valence-corrected chi connectivity index (χ1v) is 11.3. The molecule has 35 heavy (non-hydrogen) atoms. The van der Waals surface area contributed by atoms with E-state index in [1.54, 1.807) is 54.4 Å². The number of hydrogen-bond acceptors (Lipinski definition) is 5. The van der Waals surface area contributed by atoms with Crippen LogP contribution in [0.15, 0.2) is 42.6 Å². The first kappa shape index (κ1) is 24.5. The number of anilines is 1. The van der Waals surface area contributed by atoms with Gasteiger partial charge in [0.15, 0.2) is 0 Å². The van der Waals surface area contributed by atoms with Gasteiger partial charge in [-0.05, 0) is 43.2 Å². The van der Waals surface area contributed by atoms with E-state index < -0.39 is 28.6 Å². The lowest BCUT2D eigenvalue weighted by molar-refractivity contribution is -0.138. The average Bonchev–Trinajstić information content (AvgIpc) is 3.21. The molecule has 7 nitrogen and oxygen atoms in total. The number of alkyl halides is 3. The predicted octanol–water partition coefficient (Wildman–Crippen LogP) is 3.42. The summed E-state index contributed by atoms with van der Waals surface area (Å²) in [5.41, 5.74) is -1.21. The number of piperidine rings is 1. The third-order valence-electron chi connectivity index (χ3n) is 7.11. The second-order valence-corrected chi connectivity index (χ2v) is 9.37. The number of benzene rings is 1. The molecular weight excluding hydrogens is 459 g/mol. The van der Waals surface area contributed by atoms with Gasteiger partial charge in [-0.3, -0.25) is 14.6 Å². The molecule has 1 atom stereocenters. The second kappa shape index (κ2) is 9.21. The Kier molecular flexibility index (Phi) is 6.45. The largest absolute Gasteiger partial charge is 0.417 e. The number of hydrogen-bond donors (Lipinski definition) is 0. The summed E-state index contributed by atoms with van der Waals surface area (Å²) in [5.74, 6) is -0.677. The Morgan fingerprint density at radius 3 is 2.46 bits per heavy atom. The maximum absolute atomic E-state index is 13.5. The maximum atomic E-state index is 13.5. The maximum Gasteiger partial charge on any atom is 0.417 e. The van der Waals surface area contributed by atoms with Crippen molar-refractivity contribution in [3.8, 4) is 6.07 Å². The molecule has 184 valence electrons. The Hall–Kier alpha value is -3.61. The topological polar surface area (TPSA) is 80.5 Å². The predicted molar refractivity (Wildman–Crippen MR) is 122 cm³/mol. The van der Waals surface area contributed by atoms with Gasteiger partial charge in [0.2, 0.25) is 5.91 Å². The van der Waals surface area contributed by atoms with Crippen LogP contribution in [0.3, 0.4) is 0 Å². The first-order chi connectivity index (χ1) is 16.6. The summed E-state index contributed by atoms with van der Waals surface area (Å²) in [5, 5.41) is 9.11. The molecule has 2 fully saturated rings. The van der Waals surface area contributed by atoms with Crippen molar-refractivity contribution in [2.75, 3.05) is 45.2 Å². The van der Waals surface area contributed by atoms with Gasteiger partial charge >= 0.3 is 6.18 Å². The highest BCUT2D eigenvalue weighted by Crippen LogP contribution is 2.47. The molecule has 2 aliphatic heterocycles. The van der Waals surface area contributed by atoms with E-state index in [4.69, 9.17) is 5.26 Å². The number of aromatic nitrogens is 1. The summed E-state index contributed by atoms with van der Waals surface area (Å²) < 4.78 is 40.6. The molecular formula is C25H26F3N5O2. The molecule has 4 rings (SSSR count). The smallest absolute Gasteiger partial charge is 0.370 e. The Balaban J connectivity index is 1.60. The van der Waals surface area contributed by atoms with Gasteiger partial charge in [0.05, 0.1) is 23.1 Å². The quantitative estimate of drug-likeness (QED) is 0.666. The van der Waals surface area contributed by atoms with Crippen LogP contribution in [-0.2, 0) is 11.0 Å². The van der Waals surface area contributed by atoms with Gasteiger partial charge in [-0.15, -0.1) is 0 Å². The van der Waals surface area contributed by atoms with E-state index in [1.807, 2.05) is 0 Å². The van der Waals surface area contributed by atoms with Crippen LogP contribution in [0.2, 0.25) is 0 Å². The number of likely N-dealkylation sites (tertiary alicyclic amines) is 1. The van der Waals surface area contributed by atoms with Crippen molar-refractivity contribution in [2.45, 2.75) is 19.0 Å². The number of amides is 2. The number of pyridine rings is 1. The highest BCUT2D eigenvalue weighted by molar-refractivity contribution is 5.92. The Morgan fingerprint density at radius 2 is 1.89 bits per heavy atom. The van der Waals surface area contributed by atoms with Crippen molar-refractivity contribution in [3.63, 3.8) is 0 Å². The first-order valence-electron chi connectivity index (χ1n) is 11.3. The highest BCUT2D eigenvalue weighted by Gasteiger charge is 2.52. The summed E-state index contributed by atoms with van der Waals surface area (Å²) in [6, 6.07) is 10.4. The number of nitriles is 1. The normalized spacial score (nSPS) is 19.5. The van der Waals surface area contributed by atoms with Crippen molar-refractivity contribution in [1.29, 1.82) is 5.26 Å². The van der Waals surface area contributed by atoms with Crippen molar-refractivity contribution >= 4 is 17.5 Å². The summed E-state index contributed by atoms with van der Waals surface area (Å²) in [6.45, 7) is 1.53. The third kappa shape index (κ3) is 4.67. The van der Waals surface area contributed by atoms with E-state index in [9.17, 15) is 22.8 Å². The summed E-state index contributed by atoms with van der Waals surface area (Å²) in [7, 11) is 3.34. The Labute approximate surface area is 201 Å². The van der Waals surface area contributed by atoms with Gasteiger partial charge in [0, 0.05) is 57.6 Å². The van der Waals surface area contributed by atoms with Crippen molar-refractivity contribution in [2.24, 2.45) is 11.3 Å². The van der Waals surface area contributed by atoms with E-state index in [0.717, 1.165) is 6.07 Å². The van der Waals surface area contributed by atoms with Crippen LogP contribution in [-0.4, -0.2) is 66.9 Å². The molecule has 0 N–H and O–H groups in total. The van der Waals surface area contributed by atoms with Gasteiger partial charge in [0.1, 0.15) is 5.69 Å². The number of carbonyl (C=O) groups excluding carboxylic acids is 2. The molecule has 0 saturated carbocycles. The van der Waals surface area contributed by atoms with E-state index >= 15 is 0 Å². The van der Waals surface area contributed by atoms with E-state index in [1.165, 1.54) is 17.0 Å². The van der Waals surface area contributed by atoms with Gasteiger partial charge in [-0.1, -0.05) is 6.07 Å². The van der Waals surface area contributed by atoms with E-state index in [0.29, 0.717) is 43.9 Å². The zero-order valence-corrected chi connectivity index (χ0v) is 19.5. The number of carbonyl (C=O) groups is 2. The molecule has 1 unspecified atom stereocenters. The molecule has 3 heterocycles. The minimum Gasteiger partial charge on any atom is -0.370 e. The molecule has 1 spiro atoms. The van der Waals surface area contributed by atoms with Crippen LogP contribution in [0.5, 0.6) is 0 Å². The van der Waals surface area contributed by atoms with Crippen LogP contribution in [0, 0.1) is 22.7 Å². The lowest BCUT2D eigenvalue weighted by atomic mass is 9.70. The SMILES string of the molecule is CN(C)C(=O)C1CN(c2ccc(C#N)c(C(F)(F)F)c2)CC12CCN(C(=O)c1ccccn1)CC2. The van der Waals surface area contributed by atoms with Gasteiger partial charge in [0.25, 0.3) is 5.91 Å². The number of rotatable bonds is 3. The number of nitrogens with zero attached hydrogens (tertiary/aromatic N) is 5.